The van der Waals surface area contributed by atoms with Crippen LogP contribution >= 0.6 is 15.9 Å². The molecule has 0 saturated carbocycles. The molecule has 0 heterocycles. The molecule has 0 aromatic heterocycles. The number of halogens is 1. The lowest BCUT2D eigenvalue weighted by atomic mass is 10.0. The second-order valence-corrected chi connectivity index (χ2v) is 8.37. The first kappa shape index (κ1) is 20.3. The number of carbonyl (C=O) groups excluding carboxylic acids is 2. The molecule has 0 fully saturated rings. The number of ether oxygens (including phenoxy) is 1. The molecule has 0 unspecified atom stereocenters. The quantitative estimate of drug-likeness (QED) is 0.529. The summed E-state index contributed by atoms with van der Waals surface area (Å²) in [6, 6.07) is 11.5. The van der Waals surface area contributed by atoms with Crippen molar-refractivity contribution >= 4 is 37.7 Å². The summed E-state index contributed by atoms with van der Waals surface area (Å²) < 4.78 is 31.9. The summed E-state index contributed by atoms with van der Waals surface area (Å²) in [4.78, 5) is 23.9. The Morgan fingerprint density at radius 3 is 2.54 bits per heavy atom. The normalized spacial score (nSPS) is 11.2. The predicted octanol–water partition coefficient (Wildman–Crippen LogP) is 2.77. The predicted molar refractivity (Wildman–Crippen MR) is 101 cm³/mol. The van der Waals surface area contributed by atoms with Crippen molar-refractivity contribution in [3.8, 4) is 0 Å². The molecule has 0 atom stereocenters. The Labute approximate surface area is 160 Å². The molecule has 0 aliphatic carbocycles. The number of sulfonamides is 1. The molecule has 6 nitrogen and oxygen atoms in total. The van der Waals surface area contributed by atoms with Crippen molar-refractivity contribution in [3.05, 3.63) is 63.6 Å². The topological polar surface area (TPSA) is 89.5 Å². The van der Waals surface area contributed by atoms with Crippen LogP contribution in [-0.2, 0) is 19.6 Å². The molecular formula is C18H18BrNO5S. The van der Waals surface area contributed by atoms with Crippen LogP contribution < -0.4 is 4.72 Å². The Hall–Kier alpha value is -2.03. The van der Waals surface area contributed by atoms with Gasteiger partial charge in [0.25, 0.3) is 0 Å². The Balaban J connectivity index is 1.91. The zero-order chi connectivity index (χ0) is 19.3. The van der Waals surface area contributed by atoms with Crippen LogP contribution in [0.15, 0.2) is 51.8 Å². The number of Topliss-reactive ketones (excluding diaryl/α,β-unsaturated/α-hetero) is 1. The van der Waals surface area contributed by atoms with Gasteiger partial charge in [0, 0.05) is 10.0 Å². The van der Waals surface area contributed by atoms with Crippen molar-refractivity contribution in [1.82, 2.24) is 4.72 Å². The molecule has 0 aliphatic rings. The van der Waals surface area contributed by atoms with E-state index in [1.54, 1.807) is 25.1 Å². The van der Waals surface area contributed by atoms with Crippen molar-refractivity contribution in [1.29, 1.82) is 0 Å². The maximum absolute atomic E-state index is 12.2. The first-order chi connectivity index (χ1) is 12.2. The average Bonchev–Trinajstić information content (AvgIpc) is 2.60. The number of hydrogen-bond donors (Lipinski definition) is 1. The molecule has 0 bridgehead atoms. The van der Waals surface area contributed by atoms with Gasteiger partial charge in [0.2, 0.25) is 15.8 Å². The average molecular weight is 440 g/mol. The van der Waals surface area contributed by atoms with E-state index in [-0.39, 0.29) is 10.7 Å². The molecule has 8 heteroatoms. The van der Waals surface area contributed by atoms with Crippen LogP contribution in [-0.4, -0.2) is 33.3 Å². The molecule has 0 aliphatic heterocycles. The van der Waals surface area contributed by atoms with Gasteiger partial charge in [0.15, 0.2) is 6.61 Å². The lowest BCUT2D eigenvalue weighted by molar-refractivity contribution is -0.141. The van der Waals surface area contributed by atoms with E-state index in [1.165, 1.54) is 12.1 Å². The summed E-state index contributed by atoms with van der Waals surface area (Å²) in [5, 5.41) is 0. The van der Waals surface area contributed by atoms with Crippen LogP contribution in [0.5, 0.6) is 0 Å². The summed E-state index contributed by atoms with van der Waals surface area (Å²) in [6.45, 7) is 2.65. The first-order valence-corrected chi connectivity index (χ1v) is 9.98. The molecule has 2 aromatic carbocycles. The molecule has 0 radical (unpaired) electrons. The molecule has 0 spiro atoms. The van der Waals surface area contributed by atoms with E-state index in [4.69, 9.17) is 4.74 Å². The number of benzene rings is 2. The Bertz CT molecular complexity index is 940. The maximum Gasteiger partial charge on any atom is 0.321 e. The highest BCUT2D eigenvalue weighted by Gasteiger charge is 2.17. The molecule has 0 saturated heterocycles. The minimum absolute atomic E-state index is 0.0196. The van der Waals surface area contributed by atoms with E-state index in [2.05, 4.69) is 20.7 Å². The molecule has 138 valence electrons. The molecule has 26 heavy (non-hydrogen) atoms. The van der Waals surface area contributed by atoms with E-state index in [9.17, 15) is 18.0 Å². The highest BCUT2D eigenvalue weighted by molar-refractivity contribution is 9.10. The fourth-order valence-electron chi connectivity index (χ4n) is 2.18. The largest absolute Gasteiger partial charge is 0.456 e. The summed E-state index contributed by atoms with van der Waals surface area (Å²) in [7, 11) is -3.85. The third-order valence-electron chi connectivity index (χ3n) is 3.57. The molecule has 2 aromatic rings. The molecule has 2 rings (SSSR count). The van der Waals surface area contributed by atoms with Gasteiger partial charge in [-0.1, -0.05) is 39.7 Å². The summed E-state index contributed by atoms with van der Waals surface area (Å²) >= 11 is 3.19. The van der Waals surface area contributed by atoms with Crippen molar-refractivity contribution in [3.63, 3.8) is 0 Å². The van der Waals surface area contributed by atoms with Gasteiger partial charge >= 0.3 is 5.97 Å². The van der Waals surface area contributed by atoms with Gasteiger partial charge in [-0.2, -0.15) is 4.72 Å². The Morgan fingerprint density at radius 2 is 1.85 bits per heavy atom. The molecule has 0 amide bonds. The smallest absolute Gasteiger partial charge is 0.321 e. The summed E-state index contributed by atoms with van der Waals surface area (Å²) in [5.74, 6) is -1.17. The van der Waals surface area contributed by atoms with Gasteiger partial charge in [-0.15, -0.1) is 0 Å². The van der Waals surface area contributed by atoms with Crippen LogP contribution in [0.1, 0.15) is 21.5 Å². The third-order valence-corrected chi connectivity index (χ3v) is 5.46. The van der Waals surface area contributed by atoms with Crippen LogP contribution in [0.2, 0.25) is 0 Å². The zero-order valence-electron chi connectivity index (χ0n) is 14.3. The highest BCUT2D eigenvalue weighted by atomic mass is 79.9. The lowest BCUT2D eigenvalue weighted by Crippen LogP contribution is -2.31. The monoisotopic (exact) mass is 439 g/mol. The second kappa shape index (κ2) is 8.57. The molecule has 1 N–H and O–H groups in total. The Kier molecular flexibility index (Phi) is 6.69. The van der Waals surface area contributed by atoms with Gasteiger partial charge in [-0.3, -0.25) is 9.59 Å². The van der Waals surface area contributed by atoms with Crippen LogP contribution in [0.25, 0.3) is 0 Å². The lowest BCUT2D eigenvalue weighted by Gasteiger charge is -2.09. The van der Waals surface area contributed by atoms with E-state index in [0.717, 1.165) is 11.1 Å². The molecular weight excluding hydrogens is 422 g/mol. The van der Waals surface area contributed by atoms with Gasteiger partial charge in [0.1, 0.15) is 6.54 Å². The maximum atomic E-state index is 12.2. The first-order valence-electron chi connectivity index (χ1n) is 7.70. The van der Waals surface area contributed by atoms with E-state index in [1.807, 2.05) is 19.1 Å². The van der Waals surface area contributed by atoms with Crippen LogP contribution in [0, 0.1) is 13.8 Å². The second-order valence-electron chi connectivity index (χ2n) is 5.68. The van der Waals surface area contributed by atoms with Crippen molar-refractivity contribution in [2.45, 2.75) is 18.7 Å². The van der Waals surface area contributed by atoms with Crippen LogP contribution in [0.4, 0.5) is 0 Å². The van der Waals surface area contributed by atoms with Crippen LogP contribution in [0.3, 0.4) is 0 Å². The summed E-state index contributed by atoms with van der Waals surface area (Å²) in [6.07, 6.45) is 0. The fraction of sp³-hybridized carbons (Fsp3) is 0.222. The van der Waals surface area contributed by atoms with E-state index >= 15 is 0 Å². The number of carbonyl (C=O) groups is 2. The standard InChI is InChI=1S/C18H18BrNO5S/c1-12-6-7-13(2)16(8-12)17(21)11-25-18(22)10-20-26(23,24)15-5-3-4-14(19)9-15/h3-9,20H,10-11H2,1-2H3. The third kappa shape index (κ3) is 5.48. The van der Waals surface area contributed by atoms with Gasteiger partial charge in [-0.05, 0) is 43.7 Å². The zero-order valence-corrected chi connectivity index (χ0v) is 16.7. The Morgan fingerprint density at radius 1 is 1.12 bits per heavy atom. The van der Waals surface area contributed by atoms with Crippen molar-refractivity contribution in [2.75, 3.05) is 13.2 Å². The van der Waals surface area contributed by atoms with E-state index < -0.39 is 29.1 Å². The minimum atomic E-state index is -3.85. The van der Waals surface area contributed by atoms with Gasteiger partial charge in [0.05, 0.1) is 4.90 Å². The number of hydrogen-bond acceptors (Lipinski definition) is 5. The number of rotatable bonds is 7. The van der Waals surface area contributed by atoms with E-state index in [0.29, 0.717) is 10.0 Å². The SMILES string of the molecule is Cc1ccc(C)c(C(=O)COC(=O)CNS(=O)(=O)c2cccc(Br)c2)c1. The number of esters is 1. The minimum Gasteiger partial charge on any atom is -0.456 e. The van der Waals surface area contributed by atoms with Gasteiger partial charge < -0.3 is 4.74 Å². The number of nitrogens with one attached hydrogen (secondary N) is 1. The fourth-order valence-corrected chi connectivity index (χ4v) is 3.75. The van der Waals surface area contributed by atoms with Crippen molar-refractivity contribution < 1.29 is 22.7 Å². The van der Waals surface area contributed by atoms with Gasteiger partial charge in [-0.25, -0.2) is 8.42 Å². The number of ketones is 1. The number of aryl methyl sites for hydroxylation is 2. The highest BCUT2D eigenvalue weighted by Crippen LogP contribution is 2.15. The summed E-state index contributed by atoms with van der Waals surface area (Å²) in [5.41, 5.74) is 2.19. The van der Waals surface area contributed by atoms with Crippen molar-refractivity contribution in [2.24, 2.45) is 0 Å².